The summed E-state index contributed by atoms with van der Waals surface area (Å²) in [6, 6.07) is 5.67. The van der Waals surface area contributed by atoms with Crippen molar-refractivity contribution in [2.45, 2.75) is 38.0 Å². The smallest absolute Gasteiger partial charge is 0.230 e. The predicted molar refractivity (Wildman–Crippen MR) is 85.8 cm³/mol. The molecule has 1 aliphatic heterocycles. The van der Waals surface area contributed by atoms with Gasteiger partial charge in [0, 0.05) is 12.1 Å². The third-order valence-electron chi connectivity index (χ3n) is 4.38. The highest BCUT2D eigenvalue weighted by molar-refractivity contribution is 5.47. The Kier molecular flexibility index (Phi) is 5.69. The van der Waals surface area contributed by atoms with E-state index in [1.54, 1.807) is 6.20 Å². The molecule has 2 aromatic rings. The summed E-state index contributed by atoms with van der Waals surface area (Å²) in [5.74, 6) is 1.62. The Balaban J connectivity index is 1.49. The second-order valence-corrected chi connectivity index (χ2v) is 6.04. The second kappa shape index (κ2) is 8.15. The zero-order valence-corrected chi connectivity index (χ0v) is 13.3. The molecule has 5 nitrogen and oxygen atoms in total. The van der Waals surface area contributed by atoms with Crippen LogP contribution in [0.1, 0.15) is 43.9 Å². The molecule has 6 heteroatoms. The number of hydrogen-bond acceptors (Lipinski definition) is 5. The highest BCUT2D eigenvalue weighted by Crippen LogP contribution is 2.28. The van der Waals surface area contributed by atoms with E-state index >= 15 is 0 Å². The van der Waals surface area contributed by atoms with Gasteiger partial charge in [-0.3, -0.25) is 9.37 Å². The fraction of sp³-hybridized carbons (Fsp3) is 0.588. The van der Waals surface area contributed by atoms with Crippen molar-refractivity contribution >= 4 is 0 Å². The van der Waals surface area contributed by atoms with Gasteiger partial charge in [0.25, 0.3) is 0 Å². The van der Waals surface area contributed by atoms with Crippen LogP contribution in [-0.4, -0.2) is 46.3 Å². The number of rotatable bonds is 7. The van der Waals surface area contributed by atoms with Crippen molar-refractivity contribution in [2.75, 3.05) is 26.3 Å². The number of piperidine rings is 1. The van der Waals surface area contributed by atoms with Crippen LogP contribution in [0.25, 0.3) is 11.5 Å². The van der Waals surface area contributed by atoms with E-state index in [-0.39, 0.29) is 6.67 Å². The third-order valence-corrected chi connectivity index (χ3v) is 4.38. The van der Waals surface area contributed by atoms with Crippen LogP contribution in [0.3, 0.4) is 0 Å². The van der Waals surface area contributed by atoms with Crippen LogP contribution < -0.4 is 0 Å². The van der Waals surface area contributed by atoms with Crippen molar-refractivity contribution in [3.63, 3.8) is 0 Å². The molecule has 0 bridgehead atoms. The van der Waals surface area contributed by atoms with Gasteiger partial charge in [-0.1, -0.05) is 11.2 Å². The molecule has 0 N–H and O–H groups in total. The maximum atomic E-state index is 12.1. The molecule has 0 saturated carbocycles. The van der Waals surface area contributed by atoms with Gasteiger partial charge in [-0.15, -0.1) is 0 Å². The number of hydrogen-bond donors (Lipinski definition) is 0. The summed E-state index contributed by atoms with van der Waals surface area (Å²) < 4.78 is 17.5. The first-order chi connectivity index (χ1) is 11.4. The van der Waals surface area contributed by atoms with Gasteiger partial charge in [0.15, 0.2) is 0 Å². The van der Waals surface area contributed by atoms with Crippen LogP contribution in [0, 0.1) is 0 Å². The first-order valence-electron chi connectivity index (χ1n) is 8.40. The number of nitrogens with zero attached hydrogens (tertiary/aromatic N) is 4. The Morgan fingerprint density at radius 2 is 2.04 bits per heavy atom. The van der Waals surface area contributed by atoms with Crippen molar-refractivity contribution in [1.29, 1.82) is 0 Å². The van der Waals surface area contributed by atoms with Crippen molar-refractivity contribution in [1.82, 2.24) is 20.0 Å². The van der Waals surface area contributed by atoms with Gasteiger partial charge in [-0.2, -0.15) is 4.98 Å². The van der Waals surface area contributed by atoms with E-state index in [1.165, 1.54) is 0 Å². The summed E-state index contributed by atoms with van der Waals surface area (Å²) in [6.07, 6.45) is 6.55. The Morgan fingerprint density at radius 3 is 2.78 bits per heavy atom. The maximum absolute atomic E-state index is 12.1. The lowest BCUT2D eigenvalue weighted by Crippen LogP contribution is -2.33. The quantitative estimate of drug-likeness (QED) is 0.732. The summed E-state index contributed by atoms with van der Waals surface area (Å²) in [4.78, 5) is 11.2. The molecular formula is C17H23FN4O. The normalized spacial score (nSPS) is 16.7. The Hall–Kier alpha value is -1.82. The summed E-state index contributed by atoms with van der Waals surface area (Å²) in [7, 11) is 0. The number of halogens is 1. The largest absolute Gasteiger partial charge is 0.339 e. The minimum absolute atomic E-state index is 0.197. The van der Waals surface area contributed by atoms with Crippen molar-refractivity contribution in [2.24, 2.45) is 0 Å². The van der Waals surface area contributed by atoms with Gasteiger partial charge < -0.3 is 9.42 Å². The molecule has 0 aromatic carbocycles. The molecule has 3 rings (SSSR count). The first-order valence-corrected chi connectivity index (χ1v) is 8.40. The SMILES string of the molecule is FCCCCCN1CCC(c2nc(-c3ccccn3)no2)CC1. The van der Waals surface area contributed by atoms with Crippen LogP contribution in [0.4, 0.5) is 4.39 Å². The average Bonchev–Trinajstić information content (AvgIpc) is 3.10. The second-order valence-electron chi connectivity index (χ2n) is 6.04. The molecule has 0 atom stereocenters. The molecule has 124 valence electrons. The number of unbranched alkanes of at least 4 members (excludes halogenated alkanes) is 2. The molecule has 0 radical (unpaired) electrons. The Labute approximate surface area is 135 Å². The lowest BCUT2D eigenvalue weighted by atomic mass is 9.96. The molecule has 23 heavy (non-hydrogen) atoms. The fourth-order valence-electron chi connectivity index (χ4n) is 3.01. The van der Waals surface area contributed by atoms with E-state index in [2.05, 4.69) is 20.0 Å². The molecule has 0 spiro atoms. The van der Waals surface area contributed by atoms with Crippen LogP contribution in [0.2, 0.25) is 0 Å². The van der Waals surface area contributed by atoms with E-state index in [1.807, 2.05) is 18.2 Å². The van der Waals surface area contributed by atoms with Gasteiger partial charge >= 0.3 is 0 Å². The summed E-state index contributed by atoms with van der Waals surface area (Å²) in [5, 5.41) is 4.05. The minimum atomic E-state index is -0.197. The van der Waals surface area contributed by atoms with Crippen molar-refractivity contribution in [3.8, 4) is 11.5 Å². The summed E-state index contributed by atoms with van der Waals surface area (Å²) in [6.45, 7) is 2.96. The first kappa shape index (κ1) is 16.1. The lowest BCUT2D eigenvalue weighted by Gasteiger charge is -2.30. The number of aromatic nitrogens is 3. The molecule has 3 heterocycles. The van der Waals surface area contributed by atoms with E-state index in [0.717, 1.165) is 56.9 Å². The topological polar surface area (TPSA) is 55.1 Å². The highest BCUT2D eigenvalue weighted by Gasteiger charge is 2.25. The van der Waals surface area contributed by atoms with Crippen LogP contribution >= 0.6 is 0 Å². The zero-order chi connectivity index (χ0) is 15.9. The average molecular weight is 318 g/mol. The molecule has 0 unspecified atom stereocenters. The Morgan fingerprint density at radius 1 is 1.17 bits per heavy atom. The van der Waals surface area contributed by atoms with Gasteiger partial charge in [-0.25, -0.2) is 0 Å². The zero-order valence-electron chi connectivity index (χ0n) is 13.3. The third kappa shape index (κ3) is 4.34. The monoisotopic (exact) mass is 318 g/mol. The van der Waals surface area contributed by atoms with Gasteiger partial charge in [0.1, 0.15) is 5.69 Å². The molecule has 1 saturated heterocycles. The van der Waals surface area contributed by atoms with E-state index in [0.29, 0.717) is 18.2 Å². The van der Waals surface area contributed by atoms with E-state index < -0.39 is 0 Å². The van der Waals surface area contributed by atoms with E-state index in [9.17, 15) is 4.39 Å². The molecule has 0 amide bonds. The standard InChI is InChI=1S/C17H23FN4O/c18-9-3-1-5-11-22-12-7-14(8-13-22)17-20-16(21-23-17)15-6-2-4-10-19-15/h2,4,6,10,14H,1,3,5,7-9,11-13H2. The molecule has 0 aliphatic carbocycles. The van der Waals surface area contributed by atoms with Gasteiger partial charge in [0.2, 0.25) is 11.7 Å². The van der Waals surface area contributed by atoms with Crippen molar-refractivity contribution in [3.05, 3.63) is 30.3 Å². The molecule has 1 aliphatic rings. The number of alkyl halides is 1. The number of likely N-dealkylation sites (tertiary alicyclic amines) is 1. The maximum Gasteiger partial charge on any atom is 0.230 e. The van der Waals surface area contributed by atoms with Gasteiger partial charge in [-0.05, 0) is 63.9 Å². The highest BCUT2D eigenvalue weighted by atomic mass is 19.1. The van der Waals surface area contributed by atoms with Crippen LogP contribution in [0.5, 0.6) is 0 Å². The lowest BCUT2D eigenvalue weighted by molar-refractivity contribution is 0.191. The summed E-state index contributed by atoms with van der Waals surface area (Å²) in [5.41, 5.74) is 0.743. The van der Waals surface area contributed by atoms with Crippen LogP contribution in [0.15, 0.2) is 28.9 Å². The number of pyridine rings is 1. The fourth-order valence-corrected chi connectivity index (χ4v) is 3.01. The predicted octanol–water partition coefficient (Wildman–Crippen LogP) is 3.45. The van der Waals surface area contributed by atoms with Gasteiger partial charge in [0.05, 0.1) is 6.67 Å². The Bertz CT molecular complexity index is 581. The van der Waals surface area contributed by atoms with E-state index in [4.69, 9.17) is 4.52 Å². The van der Waals surface area contributed by atoms with Crippen LogP contribution in [-0.2, 0) is 0 Å². The summed E-state index contributed by atoms with van der Waals surface area (Å²) >= 11 is 0. The molecule has 1 fully saturated rings. The molecular weight excluding hydrogens is 295 g/mol. The minimum Gasteiger partial charge on any atom is -0.339 e. The molecule has 2 aromatic heterocycles. The van der Waals surface area contributed by atoms with Crippen molar-refractivity contribution < 1.29 is 8.91 Å².